The Kier molecular flexibility index (Phi) is 7.75. The Hall–Kier alpha value is -0.373. The topological polar surface area (TPSA) is 30.3 Å². The SMILES string of the molecule is N#CCCN1CCN([SiH3])C(C2CCCCC2)(C2CCCCC2)C1C1CCCCC1. The van der Waals surface area contributed by atoms with Crippen molar-refractivity contribution in [1.82, 2.24) is 9.47 Å². The van der Waals surface area contributed by atoms with Gasteiger partial charge in [0, 0.05) is 37.6 Å². The number of piperazine rings is 1. The van der Waals surface area contributed by atoms with Crippen molar-refractivity contribution in [3.8, 4) is 6.07 Å². The van der Waals surface area contributed by atoms with Gasteiger partial charge < -0.3 is 4.57 Å². The van der Waals surface area contributed by atoms with E-state index in [1.807, 2.05) is 0 Å². The Morgan fingerprint density at radius 2 is 1.28 bits per heavy atom. The Labute approximate surface area is 183 Å². The molecular weight excluding hydrogens is 370 g/mol. The first-order valence-electron chi connectivity index (χ1n) is 13.1. The van der Waals surface area contributed by atoms with Crippen LogP contribution in [-0.2, 0) is 0 Å². The molecule has 1 heterocycles. The lowest BCUT2D eigenvalue weighted by Gasteiger charge is -2.65. The summed E-state index contributed by atoms with van der Waals surface area (Å²) in [5.74, 6) is 2.70. The van der Waals surface area contributed by atoms with E-state index in [1.54, 1.807) is 0 Å². The number of hydrogen-bond acceptors (Lipinski definition) is 3. The van der Waals surface area contributed by atoms with Gasteiger partial charge in [0.2, 0.25) is 0 Å². The summed E-state index contributed by atoms with van der Waals surface area (Å²) in [6.07, 6.45) is 22.6. The van der Waals surface area contributed by atoms with Gasteiger partial charge >= 0.3 is 0 Å². The fraction of sp³-hybridized carbons (Fsp3) is 0.960. The zero-order valence-electron chi connectivity index (χ0n) is 19.1. The van der Waals surface area contributed by atoms with Crippen LogP contribution >= 0.6 is 0 Å². The molecule has 0 aromatic rings. The Balaban J connectivity index is 1.75. The van der Waals surface area contributed by atoms with Gasteiger partial charge in [-0.1, -0.05) is 57.8 Å². The van der Waals surface area contributed by atoms with Crippen molar-refractivity contribution < 1.29 is 0 Å². The molecule has 4 rings (SSSR count). The van der Waals surface area contributed by atoms with Gasteiger partial charge in [-0.05, 0) is 56.3 Å². The minimum Gasteiger partial charge on any atom is -0.324 e. The molecule has 0 bridgehead atoms. The third-order valence-corrected chi connectivity index (χ3v) is 10.6. The van der Waals surface area contributed by atoms with Crippen molar-refractivity contribution in [3.63, 3.8) is 0 Å². The first-order valence-corrected chi connectivity index (χ1v) is 14.0. The van der Waals surface area contributed by atoms with E-state index in [9.17, 15) is 5.26 Å². The van der Waals surface area contributed by atoms with Crippen molar-refractivity contribution in [1.29, 1.82) is 5.26 Å². The van der Waals surface area contributed by atoms with Crippen LogP contribution in [0.4, 0.5) is 0 Å². The molecule has 1 aliphatic heterocycles. The molecule has 0 radical (unpaired) electrons. The molecule has 4 fully saturated rings. The zero-order chi connectivity index (χ0) is 20.1. The summed E-state index contributed by atoms with van der Waals surface area (Å²) < 4.78 is 3.04. The third kappa shape index (κ3) is 4.34. The first kappa shape index (κ1) is 21.8. The Morgan fingerprint density at radius 3 is 1.79 bits per heavy atom. The highest BCUT2D eigenvalue weighted by atomic mass is 28.2. The maximum absolute atomic E-state index is 9.39. The van der Waals surface area contributed by atoms with Crippen LogP contribution in [0.25, 0.3) is 0 Å². The van der Waals surface area contributed by atoms with E-state index in [2.05, 4.69) is 15.5 Å². The monoisotopic (exact) mass is 415 g/mol. The van der Waals surface area contributed by atoms with Crippen LogP contribution in [0.1, 0.15) is 103 Å². The van der Waals surface area contributed by atoms with Gasteiger partial charge in [0.25, 0.3) is 0 Å². The number of hydrogen-bond donors (Lipinski definition) is 0. The lowest BCUT2D eigenvalue weighted by Crippen LogP contribution is -2.75. The molecule has 4 aliphatic rings. The minimum absolute atomic E-state index is 0.433. The highest BCUT2D eigenvalue weighted by Gasteiger charge is 2.58. The van der Waals surface area contributed by atoms with Gasteiger partial charge in [0.1, 0.15) is 0 Å². The minimum atomic E-state index is 0.433. The smallest absolute Gasteiger partial charge is 0.0793 e. The first-order chi connectivity index (χ1) is 14.3. The second-order valence-corrected chi connectivity index (χ2v) is 11.8. The van der Waals surface area contributed by atoms with Crippen LogP contribution in [0.3, 0.4) is 0 Å². The molecule has 0 N–H and O–H groups in total. The van der Waals surface area contributed by atoms with E-state index < -0.39 is 0 Å². The van der Waals surface area contributed by atoms with Crippen molar-refractivity contribution in [2.24, 2.45) is 17.8 Å². The van der Waals surface area contributed by atoms with Gasteiger partial charge in [-0.25, -0.2) is 0 Å². The molecule has 0 aromatic heterocycles. The maximum Gasteiger partial charge on any atom is 0.0793 e. The fourth-order valence-electron chi connectivity index (χ4n) is 8.27. The van der Waals surface area contributed by atoms with Gasteiger partial charge in [-0.2, -0.15) is 5.26 Å². The van der Waals surface area contributed by atoms with E-state index in [1.165, 1.54) is 120 Å². The average molecular weight is 416 g/mol. The summed E-state index contributed by atoms with van der Waals surface area (Å²) in [7, 11) is 1.22. The summed E-state index contributed by atoms with van der Waals surface area (Å²) in [6, 6.07) is 3.22. The van der Waals surface area contributed by atoms with Crippen LogP contribution in [0.2, 0.25) is 0 Å². The van der Waals surface area contributed by atoms with E-state index in [0.717, 1.165) is 36.8 Å². The van der Waals surface area contributed by atoms with Crippen molar-refractivity contribution in [2.75, 3.05) is 19.6 Å². The zero-order valence-corrected chi connectivity index (χ0v) is 21.1. The molecule has 3 nitrogen and oxygen atoms in total. The standard InChI is InChI=1S/C25H45N3Si/c26-17-10-18-27-19-20-28(29)25(22-13-6-2-7-14-22,23-15-8-3-9-16-23)24(27)21-11-4-1-5-12-21/h21-24H,1-16,18-20H2,29H3. The molecule has 1 unspecified atom stereocenters. The fourth-order valence-corrected chi connectivity index (χ4v) is 9.46. The summed E-state index contributed by atoms with van der Waals surface area (Å²) in [5.41, 5.74) is 0.433. The lowest BCUT2D eigenvalue weighted by atomic mass is 9.56. The van der Waals surface area contributed by atoms with E-state index >= 15 is 0 Å². The van der Waals surface area contributed by atoms with Gasteiger partial charge in [0.05, 0.1) is 16.5 Å². The highest BCUT2D eigenvalue weighted by Crippen LogP contribution is 2.53. The van der Waals surface area contributed by atoms with Crippen LogP contribution in [-0.4, -0.2) is 51.1 Å². The van der Waals surface area contributed by atoms with Crippen LogP contribution in [0.5, 0.6) is 0 Å². The molecule has 3 aliphatic carbocycles. The second-order valence-electron chi connectivity index (χ2n) is 10.8. The van der Waals surface area contributed by atoms with Gasteiger partial charge in [-0.15, -0.1) is 0 Å². The molecule has 0 spiro atoms. The lowest BCUT2D eigenvalue weighted by molar-refractivity contribution is -0.120. The Morgan fingerprint density at radius 1 is 0.759 bits per heavy atom. The van der Waals surface area contributed by atoms with Gasteiger partial charge in [0.15, 0.2) is 0 Å². The van der Waals surface area contributed by atoms with Gasteiger partial charge in [-0.3, -0.25) is 4.90 Å². The second kappa shape index (κ2) is 10.3. The average Bonchev–Trinajstić information content (AvgIpc) is 2.80. The summed E-state index contributed by atoms with van der Waals surface area (Å²) in [4.78, 5) is 2.87. The summed E-state index contributed by atoms with van der Waals surface area (Å²) >= 11 is 0. The van der Waals surface area contributed by atoms with Crippen molar-refractivity contribution >= 4 is 10.4 Å². The summed E-state index contributed by atoms with van der Waals surface area (Å²) in [5, 5.41) is 9.39. The van der Waals surface area contributed by atoms with Crippen LogP contribution in [0, 0.1) is 29.1 Å². The van der Waals surface area contributed by atoms with Crippen molar-refractivity contribution in [2.45, 2.75) is 114 Å². The largest absolute Gasteiger partial charge is 0.324 e. The number of rotatable bonds is 5. The molecule has 164 valence electrons. The molecule has 0 aromatic carbocycles. The molecule has 4 heteroatoms. The third-order valence-electron chi connectivity index (χ3n) is 9.38. The van der Waals surface area contributed by atoms with Crippen molar-refractivity contribution in [3.05, 3.63) is 0 Å². The molecular formula is C25H45N3Si. The molecule has 0 amide bonds. The number of nitriles is 1. The predicted octanol–water partition coefficient (Wildman–Crippen LogP) is 4.65. The molecule has 3 saturated carbocycles. The highest BCUT2D eigenvalue weighted by molar-refractivity contribution is 6.05. The quantitative estimate of drug-likeness (QED) is 0.612. The van der Waals surface area contributed by atoms with Crippen LogP contribution in [0.15, 0.2) is 0 Å². The van der Waals surface area contributed by atoms with E-state index in [-0.39, 0.29) is 0 Å². The number of nitrogens with zero attached hydrogens (tertiary/aromatic N) is 3. The molecule has 29 heavy (non-hydrogen) atoms. The maximum atomic E-state index is 9.39. The van der Waals surface area contributed by atoms with Crippen LogP contribution < -0.4 is 0 Å². The normalized spacial score (nSPS) is 31.6. The summed E-state index contributed by atoms with van der Waals surface area (Å²) in [6.45, 7) is 3.51. The predicted molar refractivity (Wildman–Crippen MR) is 125 cm³/mol. The van der Waals surface area contributed by atoms with E-state index in [0.29, 0.717) is 5.54 Å². The molecule has 1 saturated heterocycles. The Bertz CT molecular complexity index is 523. The van der Waals surface area contributed by atoms with E-state index in [4.69, 9.17) is 0 Å². The molecule has 1 atom stereocenters.